The van der Waals surface area contributed by atoms with Crippen molar-refractivity contribution >= 4 is 34.8 Å². The lowest BCUT2D eigenvalue weighted by Gasteiger charge is -2.41. The van der Waals surface area contributed by atoms with Crippen molar-refractivity contribution in [2.45, 2.75) is 38.8 Å². The van der Waals surface area contributed by atoms with Gasteiger partial charge in [-0.15, -0.1) is 11.3 Å². The van der Waals surface area contributed by atoms with Crippen LogP contribution in [-0.4, -0.2) is 65.3 Å². The minimum Gasteiger partial charge on any atom is -0.339 e. The number of rotatable bonds is 5. The van der Waals surface area contributed by atoms with E-state index in [1.165, 1.54) is 21.6 Å². The third-order valence-electron chi connectivity index (χ3n) is 7.51. The molecule has 2 atom stereocenters. The van der Waals surface area contributed by atoms with E-state index in [1.54, 1.807) is 12.1 Å². The van der Waals surface area contributed by atoms with E-state index in [2.05, 4.69) is 47.5 Å². The molecule has 5 nitrogen and oxygen atoms in total. The van der Waals surface area contributed by atoms with E-state index in [0.29, 0.717) is 36.6 Å². The van der Waals surface area contributed by atoms with Crippen LogP contribution in [0.15, 0.2) is 60.0 Å². The van der Waals surface area contributed by atoms with Crippen LogP contribution in [0, 0.1) is 6.92 Å². The van der Waals surface area contributed by atoms with Gasteiger partial charge in [0.05, 0.1) is 16.6 Å². The first-order chi connectivity index (χ1) is 17.4. The summed E-state index contributed by atoms with van der Waals surface area (Å²) in [6.45, 7) is 7.47. The number of nitrogens with zero attached hydrogens (tertiary/aromatic N) is 3. The predicted octanol–water partition coefficient (Wildman–Crippen LogP) is 5.42. The highest BCUT2D eigenvalue weighted by atomic mass is 35.5. The second-order valence-electron chi connectivity index (χ2n) is 9.76. The lowest BCUT2D eigenvalue weighted by atomic mass is 9.90. The predicted molar refractivity (Wildman–Crippen MR) is 146 cm³/mol. The quantitative estimate of drug-likeness (QED) is 0.450. The molecule has 1 fully saturated rings. The van der Waals surface area contributed by atoms with Gasteiger partial charge in [-0.05, 0) is 60.5 Å². The van der Waals surface area contributed by atoms with Crippen LogP contribution >= 0.6 is 22.9 Å². The van der Waals surface area contributed by atoms with Gasteiger partial charge in [0.15, 0.2) is 0 Å². The molecule has 0 radical (unpaired) electrons. The minimum absolute atomic E-state index is 0.0606. The molecule has 1 saturated heterocycles. The molecule has 1 aromatic heterocycles. The van der Waals surface area contributed by atoms with Gasteiger partial charge in [-0.1, -0.05) is 48.0 Å². The summed E-state index contributed by atoms with van der Waals surface area (Å²) >= 11 is 8.09. The molecule has 0 spiro atoms. The molecule has 2 aliphatic heterocycles. The summed E-state index contributed by atoms with van der Waals surface area (Å²) in [5, 5.41) is 2.65. The first-order valence-electron chi connectivity index (χ1n) is 12.6. The average Bonchev–Trinajstić information content (AvgIpc) is 3.36. The Balaban J connectivity index is 1.23. The van der Waals surface area contributed by atoms with Gasteiger partial charge in [0.1, 0.15) is 0 Å². The van der Waals surface area contributed by atoms with Crippen molar-refractivity contribution in [1.29, 1.82) is 0 Å². The number of thiophene rings is 1. The maximum atomic E-state index is 13.3. The number of hydrogen-bond donors (Lipinski definition) is 0. The summed E-state index contributed by atoms with van der Waals surface area (Å²) in [6.07, 6.45) is 1.51. The highest BCUT2D eigenvalue weighted by molar-refractivity contribution is 7.10. The number of halogens is 1. The fraction of sp³-hybridized carbons (Fsp3) is 0.379. The number of carbonyl (C=O) groups is 2. The Bertz CT molecular complexity index is 1260. The zero-order valence-corrected chi connectivity index (χ0v) is 22.4. The Labute approximate surface area is 222 Å². The number of aryl methyl sites for hydroxylation is 1. The van der Waals surface area contributed by atoms with E-state index < -0.39 is 0 Å². The van der Waals surface area contributed by atoms with Gasteiger partial charge in [-0.2, -0.15) is 0 Å². The summed E-state index contributed by atoms with van der Waals surface area (Å²) in [4.78, 5) is 34.0. The van der Waals surface area contributed by atoms with Crippen molar-refractivity contribution in [3.05, 3.63) is 92.1 Å². The van der Waals surface area contributed by atoms with Gasteiger partial charge in [0.2, 0.25) is 5.91 Å². The molecule has 2 aliphatic rings. The van der Waals surface area contributed by atoms with Crippen molar-refractivity contribution in [2.24, 2.45) is 0 Å². The zero-order chi connectivity index (χ0) is 25.2. The largest absolute Gasteiger partial charge is 0.339 e. The highest BCUT2D eigenvalue weighted by Gasteiger charge is 2.33. The molecule has 7 heteroatoms. The third-order valence-corrected chi connectivity index (χ3v) is 8.83. The zero-order valence-electron chi connectivity index (χ0n) is 20.8. The van der Waals surface area contributed by atoms with Crippen LogP contribution in [-0.2, 0) is 11.2 Å². The standard InChI is InChI=1S/C29H32ClN3O2S/c1-20-7-3-4-8-22(20)28-24-13-18-36-26(24)11-14-31(28)15-12-27(34)32-16-17-33(21(2)19-32)29(35)23-9-5-6-10-25(23)30/h3-10,13,18,21,28H,11-12,14-17,19H2,1-2H3/t21-,28+/m1/s1. The van der Waals surface area contributed by atoms with E-state index in [4.69, 9.17) is 11.6 Å². The van der Waals surface area contributed by atoms with Crippen molar-refractivity contribution in [1.82, 2.24) is 14.7 Å². The Morgan fingerprint density at radius 2 is 1.78 bits per heavy atom. The molecule has 36 heavy (non-hydrogen) atoms. The lowest BCUT2D eigenvalue weighted by molar-refractivity contribution is -0.134. The Morgan fingerprint density at radius 3 is 2.56 bits per heavy atom. The molecule has 2 aromatic carbocycles. The molecule has 3 heterocycles. The number of hydrogen-bond acceptors (Lipinski definition) is 4. The highest BCUT2D eigenvalue weighted by Crippen LogP contribution is 2.39. The molecule has 0 bridgehead atoms. The Kier molecular flexibility index (Phi) is 7.47. The molecule has 0 aliphatic carbocycles. The van der Waals surface area contributed by atoms with E-state index in [-0.39, 0.29) is 23.9 Å². The van der Waals surface area contributed by atoms with Crippen molar-refractivity contribution < 1.29 is 9.59 Å². The number of fused-ring (bicyclic) bond motifs is 1. The van der Waals surface area contributed by atoms with Crippen LogP contribution in [0.4, 0.5) is 0 Å². The molecule has 0 N–H and O–H groups in total. The normalized spacial score (nSPS) is 20.3. The van der Waals surface area contributed by atoms with Gasteiger partial charge in [0, 0.05) is 50.1 Å². The molecule has 3 aromatic rings. The molecule has 188 valence electrons. The second kappa shape index (κ2) is 10.8. The third kappa shape index (κ3) is 4.95. The topological polar surface area (TPSA) is 43.9 Å². The maximum absolute atomic E-state index is 13.3. The Hall–Kier alpha value is -2.67. The molecule has 0 saturated carbocycles. The summed E-state index contributed by atoms with van der Waals surface area (Å²) < 4.78 is 0. The van der Waals surface area contributed by atoms with Crippen LogP contribution < -0.4 is 0 Å². The first kappa shape index (κ1) is 25.0. The molecular weight excluding hydrogens is 490 g/mol. The fourth-order valence-corrected chi connectivity index (χ4v) is 6.66. The van der Waals surface area contributed by atoms with Gasteiger partial charge in [-0.25, -0.2) is 0 Å². The van der Waals surface area contributed by atoms with Gasteiger partial charge in [0.25, 0.3) is 5.91 Å². The second-order valence-corrected chi connectivity index (χ2v) is 11.2. The van der Waals surface area contributed by atoms with Crippen LogP contribution in [0.3, 0.4) is 0 Å². The summed E-state index contributed by atoms with van der Waals surface area (Å²) in [7, 11) is 0. The van der Waals surface area contributed by atoms with E-state index in [1.807, 2.05) is 40.2 Å². The van der Waals surface area contributed by atoms with E-state index in [9.17, 15) is 9.59 Å². The molecule has 5 rings (SSSR count). The van der Waals surface area contributed by atoms with Gasteiger partial charge >= 0.3 is 0 Å². The number of amides is 2. The lowest BCUT2D eigenvalue weighted by Crippen LogP contribution is -2.55. The van der Waals surface area contributed by atoms with E-state index in [0.717, 1.165) is 19.5 Å². The van der Waals surface area contributed by atoms with Crippen LogP contribution in [0.1, 0.15) is 51.3 Å². The van der Waals surface area contributed by atoms with Crippen molar-refractivity contribution in [3.63, 3.8) is 0 Å². The van der Waals surface area contributed by atoms with Crippen molar-refractivity contribution in [2.75, 3.05) is 32.7 Å². The monoisotopic (exact) mass is 521 g/mol. The SMILES string of the molecule is Cc1ccccc1[C@H]1c2ccsc2CCN1CCC(=O)N1CCN(C(=O)c2ccccc2Cl)[C@H](C)C1. The minimum atomic E-state index is -0.0684. The average molecular weight is 522 g/mol. The molecule has 2 amide bonds. The van der Waals surface area contributed by atoms with Gasteiger partial charge in [-0.3, -0.25) is 14.5 Å². The van der Waals surface area contributed by atoms with Crippen molar-refractivity contribution in [3.8, 4) is 0 Å². The summed E-state index contributed by atoms with van der Waals surface area (Å²) in [5.41, 5.74) is 4.51. The van der Waals surface area contributed by atoms with E-state index >= 15 is 0 Å². The van der Waals surface area contributed by atoms with Crippen LogP contribution in [0.25, 0.3) is 0 Å². The summed E-state index contributed by atoms with van der Waals surface area (Å²) in [5.74, 6) is 0.0903. The number of carbonyl (C=O) groups excluding carboxylic acids is 2. The maximum Gasteiger partial charge on any atom is 0.255 e. The van der Waals surface area contributed by atoms with Gasteiger partial charge < -0.3 is 9.80 Å². The summed E-state index contributed by atoms with van der Waals surface area (Å²) in [6, 6.07) is 18.1. The number of benzene rings is 2. The number of piperazine rings is 1. The fourth-order valence-electron chi connectivity index (χ4n) is 5.54. The van der Waals surface area contributed by atoms with Crippen LogP contribution in [0.5, 0.6) is 0 Å². The first-order valence-corrected chi connectivity index (χ1v) is 13.9. The smallest absolute Gasteiger partial charge is 0.255 e. The Morgan fingerprint density at radius 1 is 1.00 bits per heavy atom. The molecular formula is C29H32ClN3O2S. The van der Waals surface area contributed by atoms with Crippen LogP contribution in [0.2, 0.25) is 5.02 Å². The molecule has 0 unspecified atom stereocenters.